The van der Waals surface area contributed by atoms with Crippen LogP contribution < -0.4 is 5.32 Å². The van der Waals surface area contributed by atoms with E-state index in [1.54, 1.807) is 0 Å². The molecule has 0 aliphatic carbocycles. The number of aromatic nitrogens is 3. The van der Waals surface area contributed by atoms with Gasteiger partial charge in [0.1, 0.15) is 12.2 Å². The van der Waals surface area contributed by atoms with Gasteiger partial charge in [0.05, 0.1) is 17.1 Å². The van der Waals surface area contributed by atoms with Crippen molar-refractivity contribution in [2.45, 2.75) is 52.6 Å². The Morgan fingerprint density at radius 2 is 1.77 bits per heavy atom. The van der Waals surface area contributed by atoms with Crippen molar-refractivity contribution < 1.29 is 22.4 Å². The minimum absolute atomic E-state index is 0.00669. The number of carbonyl (C=O) groups excluding carboxylic acids is 1. The number of hydrogen-bond acceptors (Lipinski definition) is 3. The smallest absolute Gasteiger partial charge is 0.280 e. The Morgan fingerprint density at radius 1 is 1.10 bits per heavy atom. The fourth-order valence-corrected chi connectivity index (χ4v) is 3.40. The number of amides is 1. The van der Waals surface area contributed by atoms with E-state index in [4.69, 9.17) is 0 Å². The monoisotopic (exact) mass is 422 g/mol. The molecule has 1 N–H and O–H groups in total. The number of rotatable bonds is 7. The molecular formula is C21H22F4N4O. The Morgan fingerprint density at radius 3 is 2.33 bits per heavy atom. The second kappa shape index (κ2) is 8.81. The fraction of sp³-hybridized carbons (Fsp3) is 0.381. The van der Waals surface area contributed by atoms with Crippen LogP contribution in [0.4, 0.5) is 17.6 Å². The third-order valence-corrected chi connectivity index (χ3v) is 4.90. The number of nitrogens with zero attached hydrogens (tertiary/aromatic N) is 3. The second-order valence-electron chi connectivity index (χ2n) is 7.12. The molecule has 0 radical (unpaired) electrons. The maximum atomic E-state index is 13.4. The number of alkyl halides is 4. The zero-order valence-corrected chi connectivity index (χ0v) is 16.8. The number of carbonyl (C=O) groups is 1. The summed E-state index contributed by atoms with van der Waals surface area (Å²) in [6.07, 6.45) is -5.35. The highest BCUT2D eigenvalue weighted by molar-refractivity contribution is 5.85. The largest absolute Gasteiger partial charge is 0.348 e. The lowest BCUT2D eigenvalue weighted by molar-refractivity contribution is -0.122. The van der Waals surface area contributed by atoms with Crippen LogP contribution in [0.3, 0.4) is 0 Å². The maximum absolute atomic E-state index is 13.4. The number of nitrogens with one attached hydrogen (secondary N) is 1. The van der Waals surface area contributed by atoms with Crippen molar-refractivity contribution in [2.75, 3.05) is 0 Å². The molecular weight excluding hydrogens is 400 g/mol. The molecule has 0 aliphatic heterocycles. The molecule has 0 saturated heterocycles. The van der Waals surface area contributed by atoms with Gasteiger partial charge in [-0.05, 0) is 31.9 Å². The standard InChI is InChI=1S/C21H22F4N4O/c1-4-15(13-7-5-11(2)6-8-13)26-17(30)10-29-21-18(12(3)28-29)14(19(22)23)9-16(27-21)20(24)25/h5-9,15,19-20H,4,10H2,1-3H3,(H,26,30). The van der Waals surface area contributed by atoms with Gasteiger partial charge < -0.3 is 5.32 Å². The first-order chi connectivity index (χ1) is 14.2. The Labute approximate surface area is 171 Å². The van der Waals surface area contributed by atoms with Crippen LogP contribution in [0.2, 0.25) is 0 Å². The highest BCUT2D eigenvalue weighted by Crippen LogP contribution is 2.32. The van der Waals surface area contributed by atoms with E-state index in [-0.39, 0.29) is 29.3 Å². The summed E-state index contributed by atoms with van der Waals surface area (Å²) in [4.78, 5) is 16.4. The summed E-state index contributed by atoms with van der Waals surface area (Å²) in [6, 6.07) is 8.17. The van der Waals surface area contributed by atoms with Crippen molar-refractivity contribution in [1.29, 1.82) is 0 Å². The van der Waals surface area contributed by atoms with Gasteiger partial charge in [0.15, 0.2) is 5.65 Å². The van der Waals surface area contributed by atoms with Crippen molar-refractivity contribution in [3.8, 4) is 0 Å². The third-order valence-electron chi connectivity index (χ3n) is 4.90. The normalized spacial score (nSPS) is 12.7. The summed E-state index contributed by atoms with van der Waals surface area (Å²) in [5.41, 5.74) is 0.729. The van der Waals surface area contributed by atoms with Gasteiger partial charge in [-0.2, -0.15) is 5.10 Å². The van der Waals surface area contributed by atoms with Gasteiger partial charge in [0.25, 0.3) is 12.9 Å². The average molecular weight is 422 g/mol. The minimum atomic E-state index is -3.02. The van der Waals surface area contributed by atoms with E-state index in [1.165, 1.54) is 6.92 Å². The molecule has 1 aromatic carbocycles. The predicted molar refractivity (Wildman–Crippen MR) is 105 cm³/mol. The predicted octanol–water partition coefficient (Wildman–Crippen LogP) is 5.19. The molecule has 0 fully saturated rings. The summed E-state index contributed by atoms with van der Waals surface area (Å²) in [5, 5.41) is 6.97. The number of halogens is 4. The minimum Gasteiger partial charge on any atom is -0.348 e. The van der Waals surface area contributed by atoms with Crippen LogP contribution in [0.5, 0.6) is 0 Å². The van der Waals surface area contributed by atoms with Crippen molar-refractivity contribution in [3.63, 3.8) is 0 Å². The molecule has 9 heteroatoms. The second-order valence-corrected chi connectivity index (χ2v) is 7.12. The number of aryl methyl sites for hydroxylation is 2. The van der Waals surface area contributed by atoms with Crippen LogP contribution in [0, 0.1) is 13.8 Å². The van der Waals surface area contributed by atoms with Crippen molar-refractivity contribution in [3.05, 3.63) is 58.4 Å². The topological polar surface area (TPSA) is 59.8 Å². The first kappa shape index (κ1) is 21.7. The summed E-state index contributed by atoms with van der Waals surface area (Å²) in [7, 11) is 0. The number of fused-ring (bicyclic) bond motifs is 1. The van der Waals surface area contributed by atoms with E-state index in [2.05, 4.69) is 15.4 Å². The molecule has 1 atom stereocenters. The molecule has 160 valence electrons. The Balaban J connectivity index is 1.91. The number of hydrogen-bond donors (Lipinski definition) is 1. The van der Waals surface area contributed by atoms with E-state index in [0.29, 0.717) is 12.5 Å². The SMILES string of the molecule is CCC(NC(=O)Cn1nc(C)c2c(C(F)F)cc(C(F)F)nc21)c1ccc(C)cc1. The van der Waals surface area contributed by atoms with Gasteiger partial charge in [-0.1, -0.05) is 36.8 Å². The Kier molecular flexibility index (Phi) is 6.38. The van der Waals surface area contributed by atoms with Gasteiger partial charge in [-0.25, -0.2) is 27.2 Å². The molecule has 3 aromatic rings. The van der Waals surface area contributed by atoms with Gasteiger partial charge in [0, 0.05) is 5.56 Å². The highest BCUT2D eigenvalue weighted by atomic mass is 19.3. The number of pyridine rings is 1. The molecule has 2 heterocycles. The first-order valence-corrected chi connectivity index (χ1v) is 9.51. The molecule has 0 bridgehead atoms. The molecule has 3 rings (SSSR count). The Bertz CT molecular complexity index is 1050. The summed E-state index contributed by atoms with van der Waals surface area (Å²) < 4.78 is 54.3. The fourth-order valence-electron chi connectivity index (χ4n) is 3.40. The summed E-state index contributed by atoms with van der Waals surface area (Å²) in [5.74, 6) is -0.422. The van der Waals surface area contributed by atoms with E-state index in [9.17, 15) is 22.4 Å². The molecule has 1 amide bonds. The zero-order chi connectivity index (χ0) is 22.0. The number of benzene rings is 1. The van der Waals surface area contributed by atoms with Gasteiger partial charge in [-0.3, -0.25) is 4.79 Å². The van der Waals surface area contributed by atoms with Gasteiger partial charge >= 0.3 is 0 Å². The molecule has 2 aromatic heterocycles. The van der Waals surface area contributed by atoms with Gasteiger partial charge in [0.2, 0.25) is 5.91 Å². The van der Waals surface area contributed by atoms with E-state index >= 15 is 0 Å². The molecule has 30 heavy (non-hydrogen) atoms. The lowest BCUT2D eigenvalue weighted by atomic mass is 10.0. The Hall–Kier alpha value is -2.97. The lowest BCUT2D eigenvalue weighted by Gasteiger charge is -2.18. The molecule has 5 nitrogen and oxygen atoms in total. The lowest BCUT2D eigenvalue weighted by Crippen LogP contribution is -2.31. The van der Waals surface area contributed by atoms with E-state index in [1.807, 2.05) is 38.1 Å². The van der Waals surface area contributed by atoms with Crippen LogP contribution >= 0.6 is 0 Å². The van der Waals surface area contributed by atoms with Crippen molar-refractivity contribution >= 4 is 16.9 Å². The van der Waals surface area contributed by atoms with E-state index < -0.39 is 30.0 Å². The average Bonchev–Trinajstić information content (AvgIpc) is 3.01. The van der Waals surface area contributed by atoms with Crippen molar-refractivity contribution in [2.24, 2.45) is 0 Å². The zero-order valence-electron chi connectivity index (χ0n) is 16.8. The van der Waals surface area contributed by atoms with Gasteiger partial charge in [-0.15, -0.1) is 0 Å². The van der Waals surface area contributed by atoms with Crippen LogP contribution in [0.1, 0.15) is 60.3 Å². The van der Waals surface area contributed by atoms with E-state index in [0.717, 1.165) is 15.8 Å². The third kappa shape index (κ3) is 4.44. The van der Waals surface area contributed by atoms with Crippen LogP contribution in [0.25, 0.3) is 11.0 Å². The summed E-state index contributed by atoms with van der Waals surface area (Å²) in [6.45, 7) is 5.04. The summed E-state index contributed by atoms with van der Waals surface area (Å²) >= 11 is 0. The molecule has 0 saturated carbocycles. The quantitative estimate of drug-likeness (QED) is 0.533. The molecule has 0 spiro atoms. The highest BCUT2D eigenvalue weighted by Gasteiger charge is 2.24. The molecule has 1 unspecified atom stereocenters. The van der Waals surface area contributed by atoms with Crippen LogP contribution in [0.15, 0.2) is 30.3 Å². The van der Waals surface area contributed by atoms with Crippen molar-refractivity contribution in [1.82, 2.24) is 20.1 Å². The molecule has 0 aliphatic rings. The van der Waals surface area contributed by atoms with Crippen LogP contribution in [-0.2, 0) is 11.3 Å². The maximum Gasteiger partial charge on any atom is 0.280 e. The first-order valence-electron chi connectivity index (χ1n) is 9.51. The van der Waals surface area contributed by atoms with Crippen LogP contribution in [-0.4, -0.2) is 20.7 Å².